The number of unbranched alkanes of at least 4 members (excludes halogenated alkanes) is 21. The van der Waals surface area contributed by atoms with Gasteiger partial charge < -0.3 is 14.2 Å². The molecule has 0 spiro atoms. The summed E-state index contributed by atoms with van der Waals surface area (Å²) in [6, 6.07) is 0. The molecule has 0 heterocycles. The van der Waals surface area contributed by atoms with Gasteiger partial charge in [-0.05, 0) is 116 Å². The van der Waals surface area contributed by atoms with Gasteiger partial charge in [0, 0.05) is 19.3 Å². The number of allylic oxidation sites excluding steroid dienone is 20. The van der Waals surface area contributed by atoms with E-state index in [1.54, 1.807) is 0 Å². The molecule has 1 unspecified atom stereocenters. The topological polar surface area (TPSA) is 78.9 Å². The van der Waals surface area contributed by atoms with Crippen LogP contribution >= 0.6 is 0 Å². The van der Waals surface area contributed by atoms with Gasteiger partial charge in [-0.25, -0.2) is 0 Å². The summed E-state index contributed by atoms with van der Waals surface area (Å²) in [6.45, 7) is 6.41. The number of rotatable bonds is 52. The zero-order valence-electron chi connectivity index (χ0n) is 46.7. The predicted octanol–water partition coefficient (Wildman–Crippen LogP) is 20.0. The van der Waals surface area contributed by atoms with E-state index in [-0.39, 0.29) is 31.1 Å². The first-order chi connectivity index (χ1) is 35.5. The van der Waals surface area contributed by atoms with Gasteiger partial charge in [0.05, 0.1) is 0 Å². The molecule has 408 valence electrons. The average molecular weight is 998 g/mol. The van der Waals surface area contributed by atoms with Crippen molar-refractivity contribution in [3.63, 3.8) is 0 Å². The van der Waals surface area contributed by atoms with E-state index < -0.39 is 6.10 Å². The van der Waals surface area contributed by atoms with Crippen molar-refractivity contribution in [2.45, 2.75) is 264 Å². The molecule has 6 heteroatoms. The average Bonchev–Trinajstić information content (AvgIpc) is 3.38. The number of carbonyl (C=O) groups is 3. The standard InChI is InChI=1S/C66H108O6/c1-4-7-10-13-16-18-20-22-24-26-28-30-31-32-33-34-35-37-38-40-42-44-46-48-50-53-56-59-65(68)71-62-63(61-70-64(67)58-55-52-15-12-9-6-3)72-66(69)60-57-54-51-49-47-45-43-41-39-36-29-27-25-23-21-19-17-14-11-8-5-2/h7,10,16,18,21-24,27-30,32-33,35,37,40,42,46,48,63H,4-6,8-9,11-15,17,19-20,25-26,31,34,36,38-39,41,43-45,47,49-62H2,1-3H3/b10-7-,18-16-,23-21-,24-22-,29-27-,30-28-,33-32-,37-35-,42-40-,48-46-. The van der Waals surface area contributed by atoms with Crippen LogP contribution in [-0.2, 0) is 28.6 Å². The molecule has 0 radical (unpaired) electrons. The van der Waals surface area contributed by atoms with E-state index >= 15 is 0 Å². The van der Waals surface area contributed by atoms with Gasteiger partial charge in [-0.3, -0.25) is 14.4 Å². The highest BCUT2D eigenvalue weighted by Gasteiger charge is 2.19. The summed E-state index contributed by atoms with van der Waals surface area (Å²) in [5, 5.41) is 0. The van der Waals surface area contributed by atoms with E-state index in [2.05, 4.69) is 142 Å². The molecule has 0 aliphatic heterocycles. The van der Waals surface area contributed by atoms with E-state index in [4.69, 9.17) is 14.2 Å². The molecule has 0 aromatic rings. The zero-order valence-corrected chi connectivity index (χ0v) is 46.7. The summed E-state index contributed by atoms with van der Waals surface area (Å²) in [6.07, 6.45) is 82.2. The minimum Gasteiger partial charge on any atom is -0.462 e. The molecule has 0 fully saturated rings. The van der Waals surface area contributed by atoms with Gasteiger partial charge in [-0.2, -0.15) is 0 Å². The predicted molar refractivity (Wildman–Crippen MR) is 311 cm³/mol. The Morgan fingerprint density at radius 1 is 0.292 bits per heavy atom. The summed E-state index contributed by atoms with van der Waals surface area (Å²) in [5.41, 5.74) is 0. The van der Waals surface area contributed by atoms with Crippen LogP contribution in [0.1, 0.15) is 258 Å². The summed E-state index contributed by atoms with van der Waals surface area (Å²) in [5.74, 6) is -0.957. The molecular formula is C66H108O6. The summed E-state index contributed by atoms with van der Waals surface area (Å²) < 4.78 is 16.7. The lowest BCUT2D eigenvalue weighted by molar-refractivity contribution is -0.167. The Labute approximate surface area is 443 Å². The molecule has 0 aliphatic rings. The molecule has 0 saturated carbocycles. The van der Waals surface area contributed by atoms with Crippen LogP contribution in [0.3, 0.4) is 0 Å². The molecule has 1 atom stereocenters. The third-order valence-electron chi connectivity index (χ3n) is 12.2. The van der Waals surface area contributed by atoms with Crippen LogP contribution in [0.2, 0.25) is 0 Å². The van der Waals surface area contributed by atoms with Crippen molar-refractivity contribution in [3.8, 4) is 0 Å². The maximum Gasteiger partial charge on any atom is 0.306 e. The SMILES string of the molecule is CC/C=C\C/C=C\C/C=C\C/C=C\C/C=C\C/C=C\C/C=C\C/C=C\CCCCC(=O)OCC(COC(=O)CCCCCCCC)OC(=O)CCCCCCCCCCC/C=C\C/C=C\CCCCCCC. The van der Waals surface area contributed by atoms with Crippen LogP contribution < -0.4 is 0 Å². The molecule has 0 aliphatic carbocycles. The monoisotopic (exact) mass is 997 g/mol. The van der Waals surface area contributed by atoms with Crippen molar-refractivity contribution in [2.75, 3.05) is 13.2 Å². The van der Waals surface area contributed by atoms with Gasteiger partial charge in [-0.1, -0.05) is 245 Å². The van der Waals surface area contributed by atoms with Gasteiger partial charge in [0.15, 0.2) is 6.10 Å². The second-order valence-corrected chi connectivity index (χ2v) is 19.2. The minimum absolute atomic E-state index is 0.0960. The Balaban J connectivity index is 4.26. The van der Waals surface area contributed by atoms with E-state index in [9.17, 15) is 14.4 Å². The number of hydrogen-bond acceptors (Lipinski definition) is 6. The number of carbonyl (C=O) groups excluding carboxylic acids is 3. The van der Waals surface area contributed by atoms with Crippen LogP contribution in [0.25, 0.3) is 0 Å². The maximum atomic E-state index is 12.8. The third kappa shape index (κ3) is 56.7. The van der Waals surface area contributed by atoms with Crippen LogP contribution in [0.4, 0.5) is 0 Å². The zero-order chi connectivity index (χ0) is 52.2. The highest BCUT2D eigenvalue weighted by molar-refractivity contribution is 5.71. The molecule has 6 nitrogen and oxygen atoms in total. The van der Waals surface area contributed by atoms with Crippen molar-refractivity contribution in [1.29, 1.82) is 0 Å². The fourth-order valence-electron chi connectivity index (χ4n) is 7.78. The Morgan fingerprint density at radius 2 is 0.542 bits per heavy atom. The Hall–Kier alpha value is -4.19. The molecular weight excluding hydrogens is 889 g/mol. The van der Waals surface area contributed by atoms with E-state index in [1.165, 1.54) is 103 Å². The summed E-state index contributed by atoms with van der Waals surface area (Å²) >= 11 is 0. The molecule has 0 saturated heterocycles. The molecule has 0 aromatic heterocycles. The second-order valence-electron chi connectivity index (χ2n) is 19.2. The third-order valence-corrected chi connectivity index (χ3v) is 12.2. The van der Waals surface area contributed by atoms with Crippen LogP contribution in [0.5, 0.6) is 0 Å². The summed E-state index contributed by atoms with van der Waals surface area (Å²) in [4.78, 5) is 37.9. The molecule has 0 rings (SSSR count). The molecule has 0 aromatic carbocycles. The Kier molecular flexibility index (Phi) is 55.9. The van der Waals surface area contributed by atoms with E-state index in [0.29, 0.717) is 25.7 Å². The summed E-state index contributed by atoms with van der Waals surface area (Å²) in [7, 11) is 0. The van der Waals surface area contributed by atoms with Crippen LogP contribution in [0, 0.1) is 0 Å². The van der Waals surface area contributed by atoms with E-state index in [0.717, 1.165) is 109 Å². The highest BCUT2D eigenvalue weighted by atomic mass is 16.6. The lowest BCUT2D eigenvalue weighted by atomic mass is 10.1. The largest absolute Gasteiger partial charge is 0.462 e. The molecule has 72 heavy (non-hydrogen) atoms. The Morgan fingerprint density at radius 3 is 0.875 bits per heavy atom. The first-order valence-corrected chi connectivity index (χ1v) is 29.5. The fourth-order valence-corrected chi connectivity index (χ4v) is 7.78. The normalized spacial score (nSPS) is 13.0. The van der Waals surface area contributed by atoms with Gasteiger partial charge in [-0.15, -0.1) is 0 Å². The van der Waals surface area contributed by atoms with E-state index in [1.807, 2.05) is 0 Å². The van der Waals surface area contributed by atoms with Gasteiger partial charge in [0.2, 0.25) is 0 Å². The minimum atomic E-state index is -0.799. The first-order valence-electron chi connectivity index (χ1n) is 29.5. The second kappa shape index (κ2) is 59.4. The lowest BCUT2D eigenvalue weighted by Crippen LogP contribution is -2.30. The van der Waals surface area contributed by atoms with Crippen molar-refractivity contribution < 1.29 is 28.6 Å². The lowest BCUT2D eigenvalue weighted by Gasteiger charge is -2.18. The highest BCUT2D eigenvalue weighted by Crippen LogP contribution is 2.14. The van der Waals surface area contributed by atoms with Crippen molar-refractivity contribution in [2.24, 2.45) is 0 Å². The number of esters is 3. The molecule has 0 bridgehead atoms. The van der Waals surface area contributed by atoms with Crippen molar-refractivity contribution in [1.82, 2.24) is 0 Å². The quantitative estimate of drug-likeness (QED) is 0.0261. The number of ether oxygens (including phenoxy) is 3. The van der Waals surface area contributed by atoms with Crippen LogP contribution in [-0.4, -0.2) is 37.2 Å². The van der Waals surface area contributed by atoms with Gasteiger partial charge in [0.1, 0.15) is 13.2 Å². The van der Waals surface area contributed by atoms with Crippen LogP contribution in [0.15, 0.2) is 122 Å². The molecule has 0 N–H and O–H groups in total. The van der Waals surface area contributed by atoms with Crippen molar-refractivity contribution >= 4 is 17.9 Å². The Bertz CT molecular complexity index is 1520. The van der Waals surface area contributed by atoms with Gasteiger partial charge in [0.25, 0.3) is 0 Å². The smallest absolute Gasteiger partial charge is 0.306 e. The van der Waals surface area contributed by atoms with Gasteiger partial charge >= 0.3 is 17.9 Å². The number of hydrogen-bond donors (Lipinski definition) is 0. The fraction of sp³-hybridized carbons (Fsp3) is 0.652. The maximum absolute atomic E-state index is 12.8. The first kappa shape index (κ1) is 67.8. The molecule has 0 amide bonds. The van der Waals surface area contributed by atoms with Crippen molar-refractivity contribution in [3.05, 3.63) is 122 Å².